The molecule has 0 spiro atoms. The molecule has 0 aliphatic rings. The van der Waals surface area contributed by atoms with Crippen molar-refractivity contribution in [3.05, 3.63) is 34.3 Å². The van der Waals surface area contributed by atoms with Gasteiger partial charge in [-0.2, -0.15) is 0 Å². The number of nitrogens with one attached hydrogen (secondary N) is 1. The number of imidazole rings is 1. The van der Waals surface area contributed by atoms with Crippen molar-refractivity contribution in [3.63, 3.8) is 0 Å². The van der Waals surface area contributed by atoms with Crippen LogP contribution in [-0.2, 0) is 4.79 Å². The predicted octanol–water partition coefficient (Wildman–Crippen LogP) is 1.89. The third-order valence-corrected chi connectivity index (χ3v) is 2.93. The molecule has 0 saturated heterocycles. The fourth-order valence-corrected chi connectivity index (χ4v) is 2.11. The number of hydrogen-bond acceptors (Lipinski definition) is 2. The smallest absolute Gasteiger partial charge is 0.327 e. The molecule has 0 amide bonds. The number of benzene rings is 1. The number of carboxylic acids is 1. The van der Waals surface area contributed by atoms with Crippen molar-refractivity contribution in [2.45, 2.75) is 19.9 Å². The highest BCUT2D eigenvalue weighted by molar-refractivity contribution is 5.80. The lowest BCUT2D eigenvalue weighted by atomic mass is 10.0. The van der Waals surface area contributed by atoms with Crippen molar-refractivity contribution in [2.75, 3.05) is 0 Å². The summed E-state index contributed by atoms with van der Waals surface area (Å²) in [5, 5.41) is 9.17. The first-order valence-electron chi connectivity index (χ1n) is 5.65. The van der Waals surface area contributed by atoms with Crippen LogP contribution in [0.4, 0.5) is 8.78 Å². The van der Waals surface area contributed by atoms with Crippen molar-refractivity contribution in [1.29, 1.82) is 0 Å². The quantitative estimate of drug-likeness (QED) is 0.894. The van der Waals surface area contributed by atoms with Crippen LogP contribution in [0.5, 0.6) is 0 Å². The highest BCUT2D eigenvalue weighted by Crippen LogP contribution is 2.24. The van der Waals surface area contributed by atoms with Crippen molar-refractivity contribution in [1.82, 2.24) is 9.55 Å². The summed E-state index contributed by atoms with van der Waals surface area (Å²) in [5.74, 6) is -4.10. The molecule has 19 heavy (non-hydrogen) atoms. The molecule has 2 rings (SSSR count). The third-order valence-electron chi connectivity index (χ3n) is 2.93. The number of nitrogens with zero attached hydrogens (tertiary/aromatic N) is 1. The van der Waals surface area contributed by atoms with Crippen LogP contribution in [0.3, 0.4) is 0 Å². The largest absolute Gasteiger partial charge is 0.480 e. The Morgan fingerprint density at radius 1 is 1.37 bits per heavy atom. The average Bonchev–Trinajstić information content (AvgIpc) is 2.61. The van der Waals surface area contributed by atoms with Crippen molar-refractivity contribution >= 4 is 17.0 Å². The summed E-state index contributed by atoms with van der Waals surface area (Å²) in [5.41, 5.74) is -1.07. The molecule has 0 bridgehead atoms. The number of H-pyrrole nitrogens is 1. The maximum absolute atomic E-state index is 13.8. The Morgan fingerprint density at radius 2 is 2.00 bits per heavy atom. The first kappa shape index (κ1) is 13.3. The van der Waals surface area contributed by atoms with Gasteiger partial charge < -0.3 is 10.1 Å². The molecule has 1 heterocycles. The van der Waals surface area contributed by atoms with Gasteiger partial charge in [-0.25, -0.2) is 18.4 Å². The molecule has 102 valence electrons. The number of rotatable bonds is 3. The van der Waals surface area contributed by atoms with Gasteiger partial charge in [-0.3, -0.25) is 4.57 Å². The summed E-state index contributed by atoms with van der Waals surface area (Å²) in [4.78, 5) is 25.4. The Labute approximate surface area is 106 Å². The Kier molecular flexibility index (Phi) is 3.13. The highest BCUT2D eigenvalue weighted by Gasteiger charge is 2.29. The van der Waals surface area contributed by atoms with Crippen LogP contribution in [0.25, 0.3) is 11.0 Å². The van der Waals surface area contributed by atoms with E-state index in [1.54, 1.807) is 13.8 Å². The summed E-state index contributed by atoms with van der Waals surface area (Å²) in [7, 11) is 0. The van der Waals surface area contributed by atoms with E-state index in [4.69, 9.17) is 5.11 Å². The molecule has 1 aromatic carbocycles. The van der Waals surface area contributed by atoms with Gasteiger partial charge in [0, 0.05) is 0 Å². The number of hydrogen-bond donors (Lipinski definition) is 2. The molecular formula is C12H12F2N2O3. The van der Waals surface area contributed by atoms with Gasteiger partial charge in [0.2, 0.25) is 0 Å². The van der Waals surface area contributed by atoms with E-state index in [-0.39, 0.29) is 11.0 Å². The van der Waals surface area contributed by atoms with Gasteiger partial charge >= 0.3 is 11.7 Å². The molecule has 0 radical (unpaired) electrons. The average molecular weight is 270 g/mol. The SMILES string of the molecule is CC(C)C(C(=O)O)n1c(=O)[nH]c2ccc(F)c(F)c21. The lowest BCUT2D eigenvalue weighted by molar-refractivity contribution is -0.142. The van der Waals surface area contributed by atoms with E-state index in [1.165, 1.54) is 6.07 Å². The topological polar surface area (TPSA) is 75.1 Å². The zero-order chi connectivity index (χ0) is 14.3. The lowest BCUT2D eigenvalue weighted by Crippen LogP contribution is -2.31. The van der Waals surface area contributed by atoms with Crippen LogP contribution in [0.1, 0.15) is 19.9 Å². The number of aromatic nitrogens is 2. The summed E-state index contributed by atoms with van der Waals surface area (Å²) in [6.45, 7) is 3.17. The van der Waals surface area contributed by atoms with Crippen LogP contribution < -0.4 is 5.69 Å². The van der Waals surface area contributed by atoms with Crippen molar-refractivity contribution in [3.8, 4) is 0 Å². The first-order chi connectivity index (χ1) is 8.84. The van der Waals surface area contributed by atoms with E-state index < -0.39 is 35.3 Å². The van der Waals surface area contributed by atoms with Gasteiger partial charge in [-0.1, -0.05) is 13.8 Å². The molecule has 2 N–H and O–H groups in total. The summed E-state index contributed by atoms with van der Waals surface area (Å²) in [6, 6.07) is 0.811. The molecular weight excluding hydrogens is 258 g/mol. The first-order valence-corrected chi connectivity index (χ1v) is 5.65. The standard InChI is InChI=1S/C12H12F2N2O3/c1-5(2)9(11(17)18)16-10-7(15-12(16)19)4-3-6(13)8(10)14/h3-5,9H,1-2H3,(H,15,19)(H,17,18). The summed E-state index contributed by atoms with van der Waals surface area (Å²) >= 11 is 0. The van der Waals surface area contributed by atoms with Crippen LogP contribution in [0.15, 0.2) is 16.9 Å². The Bertz CT molecular complexity index is 703. The highest BCUT2D eigenvalue weighted by atomic mass is 19.2. The monoisotopic (exact) mass is 270 g/mol. The van der Waals surface area contributed by atoms with Gasteiger partial charge in [0.15, 0.2) is 11.6 Å². The van der Waals surface area contributed by atoms with Gasteiger partial charge in [0.25, 0.3) is 0 Å². The van der Waals surface area contributed by atoms with Crippen molar-refractivity contribution < 1.29 is 18.7 Å². The second-order valence-electron chi connectivity index (χ2n) is 4.58. The number of aliphatic carboxylic acids is 1. The Morgan fingerprint density at radius 3 is 2.53 bits per heavy atom. The predicted molar refractivity (Wildman–Crippen MR) is 64.0 cm³/mol. The summed E-state index contributed by atoms with van der Waals surface area (Å²) in [6.07, 6.45) is 0. The van der Waals surface area contributed by atoms with E-state index in [9.17, 15) is 18.4 Å². The molecule has 5 nitrogen and oxygen atoms in total. The van der Waals surface area contributed by atoms with E-state index in [2.05, 4.69) is 4.98 Å². The number of aromatic amines is 1. The molecule has 0 fully saturated rings. The fourth-order valence-electron chi connectivity index (χ4n) is 2.11. The van der Waals surface area contributed by atoms with E-state index in [1.807, 2.05) is 0 Å². The van der Waals surface area contributed by atoms with E-state index in [0.29, 0.717) is 0 Å². The third kappa shape index (κ3) is 2.00. The number of halogens is 2. The second-order valence-corrected chi connectivity index (χ2v) is 4.58. The van der Waals surface area contributed by atoms with Gasteiger partial charge in [-0.05, 0) is 18.1 Å². The zero-order valence-electron chi connectivity index (χ0n) is 10.3. The number of carbonyl (C=O) groups is 1. The normalized spacial score (nSPS) is 13.1. The van der Waals surface area contributed by atoms with Crippen molar-refractivity contribution in [2.24, 2.45) is 5.92 Å². The molecule has 0 aliphatic heterocycles. The molecule has 1 unspecified atom stereocenters. The Balaban J connectivity index is 2.86. The number of carboxylic acid groups (broad SMARTS) is 1. The van der Waals surface area contributed by atoms with E-state index >= 15 is 0 Å². The van der Waals surface area contributed by atoms with Crippen LogP contribution in [0.2, 0.25) is 0 Å². The molecule has 1 aromatic heterocycles. The second kappa shape index (κ2) is 4.49. The summed E-state index contributed by atoms with van der Waals surface area (Å²) < 4.78 is 27.8. The molecule has 7 heteroatoms. The number of fused-ring (bicyclic) bond motifs is 1. The lowest BCUT2D eigenvalue weighted by Gasteiger charge is -2.17. The van der Waals surface area contributed by atoms with Gasteiger partial charge in [0.05, 0.1) is 5.52 Å². The zero-order valence-corrected chi connectivity index (χ0v) is 10.3. The Hall–Kier alpha value is -2.18. The maximum atomic E-state index is 13.8. The fraction of sp³-hybridized carbons (Fsp3) is 0.333. The molecule has 1 atom stereocenters. The minimum atomic E-state index is -1.28. The minimum Gasteiger partial charge on any atom is -0.480 e. The molecule has 0 saturated carbocycles. The van der Waals surface area contributed by atoms with Crippen LogP contribution in [0, 0.1) is 17.6 Å². The maximum Gasteiger partial charge on any atom is 0.327 e. The molecule has 2 aromatic rings. The van der Waals surface area contributed by atoms with Crippen LogP contribution in [-0.4, -0.2) is 20.6 Å². The minimum absolute atomic E-state index is 0.0656. The van der Waals surface area contributed by atoms with Crippen LogP contribution >= 0.6 is 0 Å². The van der Waals surface area contributed by atoms with Gasteiger partial charge in [0.1, 0.15) is 11.6 Å². The molecule has 0 aliphatic carbocycles. The van der Waals surface area contributed by atoms with E-state index in [0.717, 1.165) is 10.6 Å². The van der Waals surface area contributed by atoms with Gasteiger partial charge in [-0.15, -0.1) is 0 Å².